The first-order valence-electron chi connectivity index (χ1n) is 17.1. The van der Waals surface area contributed by atoms with E-state index in [9.17, 15) is 0 Å². The van der Waals surface area contributed by atoms with E-state index in [2.05, 4.69) is 0 Å². The number of hydrogen-bond donors (Lipinski definition) is 0. The van der Waals surface area contributed by atoms with Crippen molar-refractivity contribution in [2.24, 2.45) is 0 Å². The second-order valence-corrected chi connectivity index (χ2v) is 10.4. The minimum Gasteiger partial charge on any atom is -0.455 e. The lowest BCUT2D eigenvalue weighted by atomic mass is 10.1. The van der Waals surface area contributed by atoms with Crippen molar-refractivity contribution < 1.29 is 12.6 Å². The van der Waals surface area contributed by atoms with Crippen LogP contribution in [0.5, 0.6) is 0 Å². The van der Waals surface area contributed by atoms with Gasteiger partial charge in [0.05, 0.1) is 24.8 Å². The maximum absolute atomic E-state index is 8.83. The number of nitrogens with zero attached hydrogens (tertiary/aromatic N) is 4. The molecule has 5 heteroatoms. The maximum Gasteiger partial charge on any atom is 0.167 e. The Labute approximate surface area is 261 Å². The van der Waals surface area contributed by atoms with E-state index in [1.807, 2.05) is 97.1 Å². The van der Waals surface area contributed by atoms with Crippen molar-refractivity contribution in [3.05, 3.63) is 145 Å². The van der Waals surface area contributed by atoms with Gasteiger partial charge in [-0.2, -0.15) is 0 Å². The molecule has 0 saturated heterocycles. The van der Waals surface area contributed by atoms with E-state index >= 15 is 0 Å². The third-order valence-corrected chi connectivity index (χ3v) is 7.81. The highest BCUT2D eigenvalue weighted by atomic mass is 16.3. The summed E-state index contributed by atoms with van der Waals surface area (Å²) in [4.78, 5) is 14.6. The standard InChI is InChI=1S/C39H24N4O/c1-3-12-25(13-4-1)37-40-38(26-14-5-2-6-15-26)42-39(41-37)31-19-11-18-30-32-24-27(22-23-35(32)44-36(30)31)43-33-20-9-7-16-28(33)29-17-8-10-21-34(29)43/h1-24H/i7D,8D,16D,17D,20D,21D. The summed E-state index contributed by atoms with van der Waals surface area (Å²) in [7, 11) is 0. The monoisotopic (exact) mass is 570 g/mol. The van der Waals surface area contributed by atoms with Crippen LogP contribution in [0.1, 0.15) is 8.22 Å². The van der Waals surface area contributed by atoms with Crippen LogP contribution in [0.25, 0.3) is 83.6 Å². The summed E-state index contributed by atoms with van der Waals surface area (Å²) in [6, 6.07) is 32.7. The van der Waals surface area contributed by atoms with Crippen molar-refractivity contribution in [1.29, 1.82) is 0 Å². The molecule has 9 rings (SSSR count). The summed E-state index contributed by atoms with van der Waals surface area (Å²) in [5.74, 6) is 1.51. The number of fused-ring (bicyclic) bond motifs is 6. The Bertz CT molecular complexity index is 2700. The lowest BCUT2D eigenvalue weighted by Gasteiger charge is -2.08. The first-order chi connectivity index (χ1) is 24.3. The Morgan fingerprint density at radius 1 is 0.523 bits per heavy atom. The minimum atomic E-state index is -0.157. The van der Waals surface area contributed by atoms with Crippen LogP contribution in [-0.2, 0) is 0 Å². The molecule has 0 aliphatic carbocycles. The van der Waals surface area contributed by atoms with Crippen LogP contribution in [0.15, 0.2) is 150 Å². The SMILES string of the molecule is [2H]c1cc([2H])c2c(c1[2H])c1c([2H])c([2H])cc([2H])c1n2-c1ccc2oc3c(-c4nc(-c5ccccc5)nc(-c5ccccc5)n4)cccc3c2c1. The summed E-state index contributed by atoms with van der Waals surface area (Å²) in [5.41, 5.74) is 4.74. The molecule has 206 valence electrons. The van der Waals surface area contributed by atoms with Gasteiger partial charge in [-0.25, -0.2) is 15.0 Å². The quantitative estimate of drug-likeness (QED) is 0.211. The molecule has 0 aliphatic rings. The Kier molecular flexibility index (Phi) is 4.25. The van der Waals surface area contributed by atoms with Crippen LogP contribution in [0.4, 0.5) is 0 Å². The molecule has 0 amide bonds. The van der Waals surface area contributed by atoms with Gasteiger partial charge in [0.2, 0.25) is 0 Å². The second-order valence-electron chi connectivity index (χ2n) is 10.4. The minimum absolute atomic E-state index is 0.0137. The van der Waals surface area contributed by atoms with E-state index < -0.39 is 0 Å². The van der Waals surface area contributed by atoms with Gasteiger partial charge in [-0.05, 0) is 36.4 Å². The predicted octanol–water partition coefficient (Wildman–Crippen LogP) is 9.87. The molecule has 5 nitrogen and oxygen atoms in total. The van der Waals surface area contributed by atoms with Gasteiger partial charge >= 0.3 is 0 Å². The van der Waals surface area contributed by atoms with E-state index in [1.54, 1.807) is 4.57 Å². The lowest BCUT2D eigenvalue weighted by Crippen LogP contribution is -2.00. The fourth-order valence-corrected chi connectivity index (χ4v) is 5.80. The molecular weight excluding hydrogens is 540 g/mol. The van der Waals surface area contributed by atoms with Crippen LogP contribution in [0.3, 0.4) is 0 Å². The molecule has 0 aliphatic heterocycles. The summed E-state index contributed by atoms with van der Waals surface area (Å²) >= 11 is 0. The molecule has 0 radical (unpaired) electrons. The molecule has 0 spiro atoms. The van der Waals surface area contributed by atoms with E-state index in [-0.39, 0.29) is 47.0 Å². The van der Waals surface area contributed by atoms with E-state index in [0.717, 1.165) is 21.9 Å². The molecule has 0 bridgehead atoms. The lowest BCUT2D eigenvalue weighted by molar-refractivity contribution is 0.669. The molecule has 9 aromatic rings. The van der Waals surface area contributed by atoms with E-state index in [1.165, 1.54) is 12.1 Å². The molecule has 6 aromatic carbocycles. The summed E-state index contributed by atoms with van der Waals surface area (Å²) < 4.78 is 59.9. The Hall–Kier alpha value is -6.07. The first kappa shape index (κ1) is 19.2. The number of para-hydroxylation sites is 3. The number of furan rings is 1. The van der Waals surface area contributed by atoms with Crippen LogP contribution in [0.2, 0.25) is 0 Å². The molecule has 0 atom stereocenters. The zero-order valence-electron chi connectivity index (χ0n) is 29.1. The number of hydrogen-bond acceptors (Lipinski definition) is 4. The fraction of sp³-hybridized carbons (Fsp3) is 0. The Morgan fingerprint density at radius 3 is 1.77 bits per heavy atom. The molecule has 0 saturated carbocycles. The van der Waals surface area contributed by atoms with Crippen molar-refractivity contribution in [2.45, 2.75) is 0 Å². The van der Waals surface area contributed by atoms with E-state index in [4.69, 9.17) is 27.6 Å². The van der Waals surface area contributed by atoms with Gasteiger partial charge in [0, 0.05) is 38.4 Å². The number of rotatable bonds is 4. The Balaban J connectivity index is 1.30. The largest absolute Gasteiger partial charge is 0.455 e. The van der Waals surface area contributed by atoms with Crippen molar-refractivity contribution in [3.8, 4) is 39.9 Å². The molecular formula is C39H24N4O. The average molecular weight is 571 g/mol. The van der Waals surface area contributed by atoms with E-state index in [0.29, 0.717) is 50.9 Å². The highest BCUT2D eigenvalue weighted by Gasteiger charge is 2.19. The first-order valence-corrected chi connectivity index (χ1v) is 14.1. The molecule has 3 aromatic heterocycles. The highest BCUT2D eigenvalue weighted by Crippen LogP contribution is 2.38. The molecule has 0 unspecified atom stereocenters. The zero-order valence-corrected chi connectivity index (χ0v) is 23.1. The fourth-order valence-electron chi connectivity index (χ4n) is 5.80. The summed E-state index contributed by atoms with van der Waals surface area (Å²) in [6.07, 6.45) is 0. The molecule has 0 fully saturated rings. The van der Waals surface area contributed by atoms with Gasteiger partial charge in [0.25, 0.3) is 0 Å². The topological polar surface area (TPSA) is 56.7 Å². The normalized spacial score (nSPS) is 13.5. The van der Waals surface area contributed by atoms with Gasteiger partial charge in [0.15, 0.2) is 17.5 Å². The smallest absolute Gasteiger partial charge is 0.167 e. The van der Waals surface area contributed by atoms with Crippen LogP contribution >= 0.6 is 0 Å². The van der Waals surface area contributed by atoms with Crippen molar-refractivity contribution in [3.63, 3.8) is 0 Å². The Morgan fingerprint density at radius 2 is 1.14 bits per heavy atom. The molecule has 44 heavy (non-hydrogen) atoms. The predicted molar refractivity (Wildman–Crippen MR) is 178 cm³/mol. The molecule has 0 N–H and O–H groups in total. The average Bonchev–Trinajstić information content (AvgIpc) is 3.71. The van der Waals surface area contributed by atoms with Crippen molar-refractivity contribution >= 4 is 43.7 Å². The van der Waals surface area contributed by atoms with Gasteiger partial charge in [-0.1, -0.05) is 109 Å². The summed E-state index contributed by atoms with van der Waals surface area (Å²) in [5, 5.41) is 1.98. The van der Waals surface area contributed by atoms with Crippen LogP contribution in [0, 0.1) is 0 Å². The highest BCUT2D eigenvalue weighted by molar-refractivity contribution is 6.12. The van der Waals surface area contributed by atoms with Gasteiger partial charge in [-0.15, -0.1) is 0 Å². The third-order valence-electron chi connectivity index (χ3n) is 7.81. The van der Waals surface area contributed by atoms with Gasteiger partial charge in [-0.3, -0.25) is 0 Å². The van der Waals surface area contributed by atoms with Crippen LogP contribution < -0.4 is 0 Å². The van der Waals surface area contributed by atoms with Gasteiger partial charge in [0.1, 0.15) is 11.2 Å². The molecule has 3 heterocycles. The second kappa shape index (κ2) is 9.75. The number of benzene rings is 6. The van der Waals surface area contributed by atoms with Gasteiger partial charge < -0.3 is 8.98 Å². The third kappa shape index (κ3) is 3.83. The van der Waals surface area contributed by atoms with Crippen LogP contribution in [-0.4, -0.2) is 19.5 Å². The number of aromatic nitrogens is 4. The van der Waals surface area contributed by atoms with Crippen molar-refractivity contribution in [1.82, 2.24) is 19.5 Å². The zero-order chi connectivity index (χ0) is 34.3. The van der Waals surface area contributed by atoms with Crippen molar-refractivity contribution in [2.75, 3.05) is 0 Å². The maximum atomic E-state index is 8.83. The summed E-state index contributed by atoms with van der Waals surface area (Å²) in [6.45, 7) is 0.